The highest BCUT2D eigenvalue weighted by Crippen LogP contribution is 2.23. The molecule has 2 aliphatic carbocycles. The predicted molar refractivity (Wildman–Crippen MR) is 104 cm³/mol. The van der Waals surface area contributed by atoms with Gasteiger partial charge < -0.3 is 0 Å². The molecular formula is C25H22. The van der Waals surface area contributed by atoms with E-state index < -0.39 is 0 Å². The minimum Gasteiger partial charge on any atom is -0.0735 e. The van der Waals surface area contributed by atoms with Crippen LogP contribution in [0.5, 0.6) is 0 Å². The lowest BCUT2D eigenvalue weighted by Crippen LogP contribution is -2.23. The SMILES string of the molecule is C1=c2ccc3c(c2CCC1Cc1ccccc1)CC=c1ccccc1=3. The molecule has 0 radical (unpaired) electrons. The zero-order valence-corrected chi connectivity index (χ0v) is 14.4. The van der Waals surface area contributed by atoms with E-state index in [1.807, 2.05) is 0 Å². The van der Waals surface area contributed by atoms with Gasteiger partial charge in [0.2, 0.25) is 0 Å². The van der Waals surface area contributed by atoms with E-state index in [0.29, 0.717) is 5.92 Å². The van der Waals surface area contributed by atoms with Crippen LogP contribution in [0.25, 0.3) is 12.2 Å². The second-order valence-electron chi connectivity index (χ2n) is 7.31. The third kappa shape index (κ3) is 2.62. The van der Waals surface area contributed by atoms with Gasteiger partial charge in [-0.15, -0.1) is 0 Å². The maximum absolute atomic E-state index is 2.52. The van der Waals surface area contributed by atoms with Gasteiger partial charge in [-0.2, -0.15) is 0 Å². The van der Waals surface area contributed by atoms with E-state index in [-0.39, 0.29) is 0 Å². The average molecular weight is 322 g/mol. The predicted octanol–water partition coefficient (Wildman–Crippen LogP) is 3.90. The minimum atomic E-state index is 0.660. The first kappa shape index (κ1) is 14.7. The van der Waals surface area contributed by atoms with Gasteiger partial charge in [-0.05, 0) is 69.2 Å². The van der Waals surface area contributed by atoms with Crippen LogP contribution in [0.15, 0.2) is 66.7 Å². The number of hydrogen-bond acceptors (Lipinski definition) is 0. The van der Waals surface area contributed by atoms with E-state index in [9.17, 15) is 0 Å². The Kier molecular flexibility index (Phi) is 3.56. The second-order valence-corrected chi connectivity index (χ2v) is 7.31. The molecule has 0 heteroatoms. The summed E-state index contributed by atoms with van der Waals surface area (Å²) in [5.74, 6) is 0.660. The molecule has 1 atom stereocenters. The molecule has 0 fully saturated rings. The van der Waals surface area contributed by atoms with Crippen molar-refractivity contribution >= 4 is 12.2 Å². The monoisotopic (exact) mass is 322 g/mol. The molecule has 1 unspecified atom stereocenters. The van der Waals surface area contributed by atoms with E-state index in [1.165, 1.54) is 39.3 Å². The number of rotatable bonds is 2. The van der Waals surface area contributed by atoms with E-state index in [4.69, 9.17) is 0 Å². The Labute approximate surface area is 148 Å². The molecule has 0 amide bonds. The Morgan fingerprint density at radius 3 is 2.48 bits per heavy atom. The van der Waals surface area contributed by atoms with Crippen molar-refractivity contribution in [2.45, 2.75) is 25.7 Å². The molecule has 0 aliphatic heterocycles. The summed E-state index contributed by atoms with van der Waals surface area (Å²) in [4.78, 5) is 0. The van der Waals surface area contributed by atoms with Crippen molar-refractivity contribution in [3.05, 3.63) is 104 Å². The Morgan fingerprint density at radius 1 is 0.720 bits per heavy atom. The lowest BCUT2D eigenvalue weighted by molar-refractivity contribution is 0.600. The molecular weight excluding hydrogens is 300 g/mol. The fourth-order valence-electron chi connectivity index (χ4n) is 4.53. The number of hydrogen-bond donors (Lipinski definition) is 0. The third-order valence-electron chi connectivity index (χ3n) is 5.77. The molecule has 122 valence electrons. The molecule has 0 bridgehead atoms. The molecule has 0 saturated heterocycles. The van der Waals surface area contributed by atoms with Crippen LogP contribution in [-0.4, -0.2) is 0 Å². The van der Waals surface area contributed by atoms with Crippen LogP contribution < -0.4 is 10.4 Å². The highest BCUT2D eigenvalue weighted by molar-refractivity contribution is 5.48. The van der Waals surface area contributed by atoms with Crippen molar-refractivity contribution in [3.63, 3.8) is 0 Å². The molecule has 0 heterocycles. The summed E-state index contributed by atoms with van der Waals surface area (Å²) in [5.41, 5.74) is 4.60. The molecule has 0 saturated carbocycles. The topological polar surface area (TPSA) is 0 Å². The van der Waals surface area contributed by atoms with Crippen LogP contribution in [0.2, 0.25) is 0 Å². The molecule has 0 spiro atoms. The molecule has 0 N–H and O–H groups in total. The van der Waals surface area contributed by atoms with Crippen LogP contribution in [-0.2, 0) is 19.3 Å². The standard InChI is InChI=1S/C25H22/c1-2-6-18(7-3-1)16-19-10-13-23-21(17-19)12-15-24-22-9-5-4-8-20(22)11-14-25(23)24/h1-9,11-12,15,17,19H,10,13-14,16H2. The molecule has 3 aromatic rings. The van der Waals surface area contributed by atoms with Crippen LogP contribution in [0.4, 0.5) is 0 Å². The highest BCUT2D eigenvalue weighted by atomic mass is 14.2. The van der Waals surface area contributed by atoms with Crippen molar-refractivity contribution in [2.75, 3.05) is 0 Å². The number of fused-ring (bicyclic) bond motifs is 4. The maximum Gasteiger partial charge on any atom is -0.00791 e. The quantitative estimate of drug-likeness (QED) is 0.671. The first-order valence-corrected chi connectivity index (χ1v) is 9.34. The average Bonchev–Trinajstić information content (AvgIpc) is 2.68. The first-order valence-electron chi connectivity index (χ1n) is 9.34. The van der Waals surface area contributed by atoms with Gasteiger partial charge in [0, 0.05) is 0 Å². The van der Waals surface area contributed by atoms with Gasteiger partial charge in [-0.1, -0.05) is 78.9 Å². The summed E-state index contributed by atoms with van der Waals surface area (Å²) < 4.78 is 0. The van der Waals surface area contributed by atoms with Gasteiger partial charge in [-0.3, -0.25) is 0 Å². The summed E-state index contributed by atoms with van der Waals surface area (Å²) in [6, 6.07) is 24.4. The van der Waals surface area contributed by atoms with Crippen LogP contribution in [0, 0.1) is 16.4 Å². The molecule has 25 heavy (non-hydrogen) atoms. The Hall–Kier alpha value is -2.60. The summed E-state index contributed by atoms with van der Waals surface area (Å²) in [5, 5.41) is 5.71. The fourth-order valence-corrected chi connectivity index (χ4v) is 4.53. The molecule has 5 rings (SSSR count). The summed E-state index contributed by atoms with van der Waals surface area (Å²) in [6.45, 7) is 0. The Bertz CT molecular complexity index is 1140. The second kappa shape index (κ2) is 6.04. The largest absolute Gasteiger partial charge is 0.0735 e. The molecule has 3 aromatic carbocycles. The van der Waals surface area contributed by atoms with Crippen molar-refractivity contribution in [2.24, 2.45) is 5.92 Å². The van der Waals surface area contributed by atoms with Crippen LogP contribution >= 0.6 is 0 Å². The zero-order chi connectivity index (χ0) is 16.6. The van der Waals surface area contributed by atoms with Crippen molar-refractivity contribution in [1.82, 2.24) is 0 Å². The smallest absolute Gasteiger partial charge is 0.00791 e. The van der Waals surface area contributed by atoms with E-state index in [1.54, 1.807) is 11.1 Å². The summed E-state index contributed by atoms with van der Waals surface area (Å²) in [7, 11) is 0. The Morgan fingerprint density at radius 2 is 1.56 bits per heavy atom. The third-order valence-corrected chi connectivity index (χ3v) is 5.77. The normalized spacial score (nSPS) is 17.5. The van der Waals surface area contributed by atoms with Gasteiger partial charge in [-0.25, -0.2) is 0 Å². The van der Waals surface area contributed by atoms with Gasteiger partial charge in [0.25, 0.3) is 0 Å². The van der Waals surface area contributed by atoms with Gasteiger partial charge in [0.1, 0.15) is 0 Å². The summed E-state index contributed by atoms with van der Waals surface area (Å²) in [6.07, 6.45) is 9.63. The van der Waals surface area contributed by atoms with Crippen molar-refractivity contribution in [1.29, 1.82) is 0 Å². The lowest BCUT2D eigenvalue weighted by Gasteiger charge is -2.22. The van der Waals surface area contributed by atoms with Gasteiger partial charge in [0.05, 0.1) is 0 Å². The van der Waals surface area contributed by atoms with E-state index in [2.05, 4.69) is 78.9 Å². The lowest BCUT2D eigenvalue weighted by atomic mass is 9.83. The Balaban J connectivity index is 1.62. The highest BCUT2D eigenvalue weighted by Gasteiger charge is 2.16. The van der Waals surface area contributed by atoms with E-state index in [0.717, 1.165) is 12.8 Å². The maximum atomic E-state index is 2.52. The zero-order valence-electron chi connectivity index (χ0n) is 14.4. The van der Waals surface area contributed by atoms with Gasteiger partial charge >= 0.3 is 0 Å². The molecule has 2 aliphatic rings. The fraction of sp³-hybridized carbons (Fsp3) is 0.200. The number of benzene rings is 3. The molecule has 0 aromatic heterocycles. The van der Waals surface area contributed by atoms with Crippen molar-refractivity contribution < 1.29 is 0 Å². The van der Waals surface area contributed by atoms with E-state index >= 15 is 0 Å². The molecule has 0 nitrogen and oxygen atoms in total. The van der Waals surface area contributed by atoms with Crippen LogP contribution in [0.3, 0.4) is 0 Å². The summed E-state index contributed by atoms with van der Waals surface area (Å²) >= 11 is 0. The van der Waals surface area contributed by atoms with Crippen LogP contribution in [0.1, 0.15) is 23.1 Å². The first-order chi connectivity index (χ1) is 12.4. The minimum absolute atomic E-state index is 0.660. The van der Waals surface area contributed by atoms with Crippen molar-refractivity contribution in [3.8, 4) is 0 Å². The van der Waals surface area contributed by atoms with Gasteiger partial charge in [0.15, 0.2) is 0 Å².